The van der Waals surface area contributed by atoms with E-state index in [-0.39, 0.29) is 29.4 Å². The van der Waals surface area contributed by atoms with Gasteiger partial charge in [0, 0.05) is 19.1 Å². The minimum atomic E-state index is -0.675. The zero-order chi connectivity index (χ0) is 20.1. The predicted molar refractivity (Wildman–Crippen MR) is 103 cm³/mol. The van der Waals surface area contributed by atoms with Gasteiger partial charge >= 0.3 is 0 Å². The quantitative estimate of drug-likeness (QED) is 0.735. The molecule has 2 amide bonds. The van der Waals surface area contributed by atoms with Crippen molar-refractivity contribution in [1.29, 1.82) is 0 Å². The molecule has 1 aliphatic heterocycles. The number of carbonyl (C=O) groups excluding carboxylic acids is 2. The van der Waals surface area contributed by atoms with Gasteiger partial charge in [-0.2, -0.15) is 0 Å². The number of benzene rings is 2. The summed E-state index contributed by atoms with van der Waals surface area (Å²) in [6.07, 6.45) is 0.596. The largest absolute Gasteiger partial charge is 0.508 e. The van der Waals surface area contributed by atoms with Crippen LogP contribution in [0.1, 0.15) is 30.1 Å². The number of amides is 2. The fraction of sp³-hybridized carbons (Fsp3) is 0.333. The summed E-state index contributed by atoms with van der Waals surface area (Å²) in [6, 6.07) is 12.7. The molecule has 1 atom stereocenters. The highest BCUT2D eigenvalue weighted by Gasteiger charge is 2.27. The summed E-state index contributed by atoms with van der Waals surface area (Å²) in [5, 5.41) is 22.1. The van der Waals surface area contributed by atoms with Crippen molar-refractivity contribution in [1.82, 2.24) is 10.2 Å². The number of carbonyl (C=O) groups is 2. The molecular formula is C21H24N2O5. The minimum Gasteiger partial charge on any atom is -0.508 e. The van der Waals surface area contributed by atoms with Gasteiger partial charge in [-0.3, -0.25) is 9.59 Å². The maximum Gasteiger partial charge on any atom is 0.260 e. The first kappa shape index (κ1) is 19.5. The Balaban J connectivity index is 1.48. The Morgan fingerprint density at radius 2 is 1.71 bits per heavy atom. The summed E-state index contributed by atoms with van der Waals surface area (Å²) in [6.45, 7) is 2.68. The monoisotopic (exact) mass is 384 g/mol. The number of nitrogens with one attached hydrogen (secondary N) is 1. The number of phenolic OH excluding ortho intramolecular Hbond substituents is 2. The molecule has 0 spiro atoms. The van der Waals surface area contributed by atoms with Crippen LogP contribution in [0.5, 0.6) is 17.2 Å². The number of ether oxygens (including phenoxy) is 1. The van der Waals surface area contributed by atoms with E-state index in [1.165, 1.54) is 18.2 Å². The van der Waals surface area contributed by atoms with Gasteiger partial charge in [-0.1, -0.05) is 12.1 Å². The molecule has 1 saturated heterocycles. The van der Waals surface area contributed by atoms with E-state index in [1.54, 1.807) is 42.2 Å². The lowest BCUT2D eigenvalue weighted by atomic mass is 10.0. The Kier molecular flexibility index (Phi) is 6.03. The fourth-order valence-corrected chi connectivity index (χ4v) is 3.15. The van der Waals surface area contributed by atoms with Gasteiger partial charge in [-0.05, 0) is 56.2 Å². The lowest BCUT2D eigenvalue weighted by Crippen LogP contribution is -2.49. The number of rotatable bonds is 5. The standard InChI is InChI=1S/C21H24N2O5/c1-14(28-17-8-6-16(24)7-9-17)20(26)22-15-10-12-23(13-11-15)21(27)18-4-2-3-5-19(18)25/h2-9,14-15,24-25H,10-13H2,1H3,(H,22,26). The number of hydrogen-bond donors (Lipinski definition) is 3. The van der Waals surface area contributed by atoms with Crippen LogP contribution in [0.2, 0.25) is 0 Å². The zero-order valence-corrected chi connectivity index (χ0v) is 15.7. The van der Waals surface area contributed by atoms with Crippen LogP contribution >= 0.6 is 0 Å². The second kappa shape index (κ2) is 8.65. The summed E-state index contributed by atoms with van der Waals surface area (Å²) in [5.41, 5.74) is 0.293. The SMILES string of the molecule is CC(Oc1ccc(O)cc1)C(=O)NC1CCN(C(=O)c2ccccc2O)CC1. The highest BCUT2D eigenvalue weighted by Crippen LogP contribution is 2.21. The molecule has 0 saturated carbocycles. The van der Waals surface area contributed by atoms with Gasteiger partial charge in [0.05, 0.1) is 5.56 Å². The van der Waals surface area contributed by atoms with Crippen molar-refractivity contribution in [2.45, 2.75) is 31.9 Å². The van der Waals surface area contributed by atoms with E-state index in [4.69, 9.17) is 4.74 Å². The average Bonchev–Trinajstić information content (AvgIpc) is 2.70. The summed E-state index contributed by atoms with van der Waals surface area (Å²) in [4.78, 5) is 26.6. The van der Waals surface area contributed by atoms with Gasteiger partial charge in [0.2, 0.25) is 0 Å². The Bertz CT molecular complexity index is 829. The summed E-state index contributed by atoms with van der Waals surface area (Å²) in [5.74, 6) is 0.187. The highest BCUT2D eigenvalue weighted by molar-refractivity contribution is 5.96. The molecule has 0 bridgehead atoms. The molecular weight excluding hydrogens is 360 g/mol. The number of para-hydroxylation sites is 1. The molecule has 148 valence electrons. The van der Waals surface area contributed by atoms with Crippen LogP contribution in [0.25, 0.3) is 0 Å². The van der Waals surface area contributed by atoms with E-state index in [2.05, 4.69) is 5.32 Å². The second-order valence-electron chi connectivity index (χ2n) is 6.85. The molecule has 2 aromatic carbocycles. The van der Waals surface area contributed by atoms with Gasteiger partial charge in [-0.15, -0.1) is 0 Å². The average molecular weight is 384 g/mol. The van der Waals surface area contributed by atoms with Gasteiger partial charge in [0.1, 0.15) is 17.2 Å². The molecule has 1 aliphatic rings. The van der Waals surface area contributed by atoms with Crippen molar-refractivity contribution in [2.24, 2.45) is 0 Å². The number of likely N-dealkylation sites (tertiary alicyclic amines) is 1. The maximum atomic E-state index is 12.5. The third kappa shape index (κ3) is 4.73. The zero-order valence-electron chi connectivity index (χ0n) is 15.7. The molecule has 7 nitrogen and oxygen atoms in total. The second-order valence-corrected chi connectivity index (χ2v) is 6.85. The molecule has 1 fully saturated rings. The Morgan fingerprint density at radius 1 is 1.07 bits per heavy atom. The van der Waals surface area contributed by atoms with Crippen LogP contribution < -0.4 is 10.1 Å². The fourth-order valence-electron chi connectivity index (χ4n) is 3.15. The third-order valence-electron chi connectivity index (χ3n) is 4.78. The summed E-state index contributed by atoms with van der Waals surface area (Å²) >= 11 is 0. The van der Waals surface area contributed by atoms with Gasteiger partial charge < -0.3 is 25.2 Å². The smallest absolute Gasteiger partial charge is 0.260 e. The first-order valence-electron chi connectivity index (χ1n) is 9.27. The van der Waals surface area contributed by atoms with Crippen LogP contribution in [0.3, 0.4) is 0 Å². The van der Waals surface area contributed by atoms with E-state index in [0.717, 1.165) is 0 Å². The molecule has 3 N–H and O–H groups in total. The van der Waals surface area contributed by atoms with E-state index in [9.17, 15) is 19.8 Å². The molecule has 0 aliphatic carbocycles. The normalized spacial score (nSPS) is 15.7. The first-order valence-corrected chi connectivity index (χ1v) is 9.27. The Morgan fingerprint density at radius 3 is 2.36 bits per heavy atom. The summed E-state index contributed by atoms with van der Waals surface area (Å²) < 4.78 is 5.59. The van der Waals surface area contributed by atoms with Gasteiger partial charge in [0.15, 0.2) is 6.10 Å². The van der Waals surface area contributed by atoms with Crippen molar-refractivity contribution >= 4 is 11.8 Å². The molecule has 1 heterocycles. The van der Waals surface area contributed by atoms with Gasteiger partial charge in [-0.25, -0.2) is 0 Å². The molecule has 0 aromatic heterocycles. The number of aromatic hydroxyl groups is 2. The summed E-state index contributed by atoms with van der Waals surface area (Å²) in [7, 11) is 0. The lowest BCUT2D eigenvalue weighted by Gasteiger charge is -2.33. The number of phenols is 2. The lowest BCUT2D eigenvalue weighted by molar-refractivity contribution is -0.128. The Hall–Kier alpha value is -3.22. The topological polar surface area (TPSA) is 99.1 Å². The van der Waals surface area contributed by atoms with Crippen molar-refractivity contribution in [3.63, 3.8) is 0 Å². The highest BCUT2D eigenvalue weighted by atomic mass is 16.5. The molecule has 1 unspecified atom stereocenters. The van der Waals surface area contributed by atoms with Crippen LogP contribution in [0, 0.1) is 0 Å². The van der Waals surface area contributed by atoms with E-state index in [1.807, 2.05) is 0 Å². The first-order chi connectivity index (χ1) is 13.4. The number of piperidine rings is 1. The van der Waals surface area contributed by atoms with Crippen molar-refractivity contribution in [3.05, 3.63) is 54.1 Å². The van der Waals surface area contributed by atoms with Crippen LogP contribution in [0.4, 0.5) is 0 Å². The van der Waals surface area contributed by atoms with Crippen LogP contribution in [-0.4, -0.2) is 52.2 Å². The molecule has 3 rings (SSSR count). The minimum absolute atomic E-state index is 0.0249. The third-order valence-corrected chi connectivity index (χ3v) is 4.78. The van der Waals surface area contributed by atoms with E-state index in [0.29, 0.717) is 37.2 Å². The van der Waals surface area contributed by atoms with Crippen LogP contribution in [-0.2, 0) is 4.79 Å². The molecule has 0 radical (unpaired) electrons. The number of hydrogen-bond acceptors (Lipinski definition) is 5. The van der Waals surface area contributed by atoms with Crippen molar-refractivity contribution < 1.29 is 24.5 Å². The maximum absolute atomic E-state index is 12.5. The van der Waals surface area contributed by atoms with Gasteiger partial charge in [0.25, 0.3) is 11.8 Å². The van der Waals surface area contributed by atoms with Crippen molar-refractivity contribution in [2.75, 3.05) is 13.1 Å². The number of nitrogens with zero attached hydrogens (tertiary/aromatic N) is 1. The molecule has 7 heteroatoms. The van der Waals surface area contributed by atoms with E-state index >= 15 is 0 Å². The van der Waals surface area contributed by atoms with E-state index < -0.39 is 6.10 Å². The predicted octanol–water partition coefficient (Wildman–Crippen LogP) is 2.29. The van der Waals surface area contributed by atoms with Crippen LogP contribution in [0.15, 0.2) is 48.5 Å². The molecule has 28 heavy (non-hydrogen) atoms. The molecule has 2 aromatic rings. The Labute approximate surface area is 163 Å². The van der Waals surface area contributed by atoms with Crippen molar-refractivity contribution in [3.8, 4) is 17.2 Å².